The second kappa shape index (κ2) is 7.52. The molecule has 0 fully saturated rings. The monoisotopic (exact) mass is 558 g/mol. The molecule has 0 saturated heterocycles. The summed E-state index contributed by atoms with van der Waals surface area (Å²) in [4.78, 5) is 9.42. The van der Waals surface area contributed by atoms with E-state index < -0.39 is 17.2 Å². The number of fused-ring (bicyclic) bond motifs is 3. The van der Waals surface area contributed by atoms with Gasteiger partial charge in [-0.05, 0) is 85.3 Å². The highest BCUT2D eigenvalue weighted by molar-refractivity contribution is 9.10. The molecule has 2 aromatic heterocycles. The first-order valence-corrected chi connectivity index (χ1v) is 11.4. The van der Waals surface area contributed by atoms with Crippen LogP contribution in [0.2, 0.25) is 0 Å². The number of hydrogen-bond donors (Lipinski definition) is 0. The Balaban J connectivity index is 1.89. The fourth-order valence-electron chi connectivity index (χ4n) is 4.48. The molecule has 0 aliphatic heterocycles. The molecule has 7 heteroatoms. The van der Waals surface area contributed by atoms with Crippen LogP contribution in [0.4, 0.5) is 13.2 Å². The van der Waals surface area contributed by atoms with E-state index in [1.54, 1.807) is 12.1 Å². The molecule has 160 valence electrons. The van der Waals surface area contributed by atoms with Gasteiger partial charge in [0, 0.05) is 0 Å². The minimum atomic E-state index is -4.40. The summed E-state index contributed by atoms with van der Waals surface area (Å²) < 4.78 is 41.2. The van der Waals surface area contributed by atoms with Crippen LogP contribution in [-0.4, -0.2) is 9.97 Å². The van der Waals surface area contributed by atoms with Crippen molar-refractivity contribution in [3.05, 3.63) is 115 Å². The van der Waals surface area contributed by atoms with E-state index in [-0.39, 0.29) is 0 Å². The fourth-order valence-corrected chi connectivity index (χ4v) is 5.10. The number of nitrogens with zero attached hydrogens (tertiary/aromatic N) is 2. The van der Waals surface area contributed by atoms with Crippen LogP contribution in [-0.2, 0) is 11.6 Å². The van der Waals surface area contributed by atoms with Gasteiger partial charge in [0.2, 0.25) is 0 Å². The van der Waals surface area contributed by atoms with E-state index >= 15 is 0 Å². The highest BCUT2D eigenvalue weighted by Gasteiger charge is 2.48. The van der Waals surface area contributed by atoms with Crippen molar-refractivity contribution in [2.45, 2.75) is 18.5 Å². The van der Waals surface area contributed by atoms with Crippen LogP contribution in [0.15, 0.2) is 82.0 Å². The highest BCUT2D eigenvalue weighted by atomic mass is 79.9. The Bertz CT molecular complexity index is 1280. The van der Waals surface area contributed by atoms with Crippen molar-refractivity contribution in [1.82, 2.24) is 9.97 Å². The van der Waals surface area contributed by atoms with Crippen molar-refractivity contribution < 1.29 is 13.2 Å². The van der Waals surface area contributed by atoms with E-state index in [4.69, 9.17) is 9.97 Å². The Morgan fingerprint density at radius 2 is 1.09 bits per heavy atom. The molecule has 2 aromatic carbocycles. The van der Waals surface area contributed by atoms with Crippen molar-refractivity contribution >= 4 is 31.9 Å². The maximum atomic E-state index is 13.3. The third kappa shape index (κ3) is 3.21. The molecule has 0 bridgehead atoms. The SMILES string of the molecule is Cc1ccc(C2(c3ccc(C(F)(F)F)cc3)c3ccc(Br)nc3-c3nc(Br)ccc32)cc1. The highest BCUT2D eigenvalue weighted by Crippen LogP contribution is 2.55. The molecule has 0 N–H and O–H groups in total. The lowest BCUT2D eigenvalue weighted by molar-refractivity contribution is -0.137. The van der Waals surface area contributed by atoms with Gasteiger partial charge in [-0.3, -0.25) is 0 Å². The van der Waals surface area contributed by atoms with Crippen LogP contribution in [0.25, 0.3) is 11.4 Å². The topological polar surface area (TPSA) is 25.8 Å². The Morgan fingerprint density at radius 1 is 0.656 bits per heavy atom. The number of aryl methyl sites for hydroxylation is 1. The lowest BCUT2D eigenvalue weighted by Crippen LogP contribution is -2.29. The lowest BCUT2D eigenvalue weighted by Gasteiger charge is -2.33. The van der Waals surface area contributed by atoms with E-state index in [1.165, 1.54) is 0 Å². The van der Waals surface area contributed by atoms with Crippen LogP contribution in [0.3, 0.4) is 0 Å². The van der Waals surface area contributed by atoms with Gasteiger partial charge in [0.05, 0.1) is 22.4 Å². The molecule has 0 radical (unpaired) electrons. The van der Waals surface area contributed by atoms with Gasteiger partial charge in [-0.15, -0.1) is 0 Å². The van der Waals surface area contributed by atoms with Gasteiger partial charge < -0.3 is 0 Å². The number of hydrogen-bond acceptors (Lipinski definition) is 2. The summed E-state index contributed by atoms with van der Waals surface area (Å²) >= 11 is 6.90. The molecule has 32 heavy (non-hydrogen) atoms. The van der Waals surface area contributed by atoms with Crippen LogP contribution >= 0.6 is 31.9 Å². The zero-order valence-electron chi connectivity index (χ0n) is 16.7. The largest absolute Gasteiger partial charge is 0.416 e. The standard InChI is InChI=1S/C25H15Br2F3N2/c1-14-2-4-15(5-3-14)24(16-6-8-17(9-7-16)25(28,29)30)18-10-12-20(26)31-22(18)23-19(24)11-13-21(27)32-23/h2-13H,1H3. The van der Waals surface area contributed by atoms with Gasteiger partial charge in [0.15, 0.2) is 0 Å². The first-order chi connectivity index (χ1) is 15.2. The number of pyridine rings is 2. The zero-order chi connectivity index (χ0) is 22.7. The number of halogens is 5. The summed E-state index contributed by atoms with van der Waals surface area (Å²) in [7, 11) is 0. The summed E-state index contributed by atoms with van der Waals surface area (Å²) in [5.41, 5.74) is 4.41. The molecular formula is C25H15Br2F3N2. The molecule has 1 aliphatic carbocycles. The predicted molar refractivity (Wildman–Crippen MR) is 124 cm³/mol. The smallest absolute Gasteiger partial charge is 0.239 e. The molecule has 1 aliphatic rings. The van der Waals surface area contributed by atoms with Crippen LogP contribution in [0.5, 0.6) is 0 Å². The Morgan fingerprint density at radius 3 is 1.53 bits per heavy atom. The lowest BCUT2D eigenvalue weighted by atomic mass is 9.68. The molecule has 5 rings (SSSR count). The minimum Gasteiger partial charge on any atom is -0.239 e. The Hall–Kier alpha value is -2.51. The van der Waals surface area contributed by atoms with E-state index in [1.807, 2.05) is 55.5 Å². The summed E-state index contributed by atoms with van der Waals surface area (Å²) in [5.74, 6) is 0. The molecule has 2 nitrogen and oxygen atoms in total. The average molecular weight is 560 g/mol. The van der Waals surface area contributed by atoms with E-state index in [0.29, 0.717) is 20.6 Å². The molecule has 0 spiro atoms. The molecular weight excluding hydrogens is 545 g/mol. The summed E-state index contributed by atoms with van der Waals surface area (Å²) in [6.07, 6.45) is -4.40. The maximum Gasteiger partial charge on any atom is 0.416 e. The molecule has 0 atom stereocenters. The second-order valence-corrected chi connectivity index (χ2v) is 9.38. The third-order valence-electron chi connectivity index (χ3n) is 5.88. The molecule has 4 aromatic rings. The Labute approximate surface area is 199 Å². The summed E-state index contributed by atoms with van der Waals surface area (Å²) in [6.45, 7) is 2.00. The predicted octanol–water partition coefficient (Wildman–Crippen LogP) is 7.69. The maximum absolute atomic E-state index is 13.3. The number of rotatable bonds is 2. The quantitative estimate of drug-likeness (QED) is 0.207. The van der Waals surface area contributed by atoms with Crippen LogP contribution in [0, 0.1) is 6.92 Å². The van der Waals surface area contributed by atoms with Crippen molar-refractivity contribution in [3.8, 4) is 11.4 Å². The zero-order valence-corrected chi connectivity index (χ0v) is 19.9. The molecule has 0 amide bonds. The second-order valence-electron chi connectivity index (χ2n) is 7.75. The van der Waals surface area contributed by atoms with Gasteiger partial charge in [-0.2, -0.15) is 13.2 Å². The first kappa shape index (κ1) is 21.3. The van der Waals surface area contributed by atoms with E-state index in [9.17, 15) is 13.2 Å². The number of aromatic nitrogens is 2. The fraction of sp³-hybridized carbons (Fsp3) is 0.120. The Kier molecular flexibility index (Phi) is 5.02. The van der Waals surface area contributed by atoms with Crippen LogP contribution in [0.1, 0.15) is 33.4 Å². The third-order valence-corrected chi connectivity index (χ3v) is 6.77. The normalized spacial score (nSPS) is 14.2. The molecule has 2 heterocycles. The number of alkyl halides is 3. The van der Waals surface area contributed by atoms with Crippen molar-refractivity contribution in [3.63, 3.8) is 0 Å². The minimum absolute atomic E-state index is 0.663. The molecule has 0 unspecified atom stereocenters. The average Bonchev–Trinajstić information content (AvgIpc) is 3.03. The van der Waals surface area contributed by atoms with E-state index in [2.05, 4.69) is 31.9 Å². The van der Waals surface area contributed by atoms with Crippen molar-refractivity contribution in [2.24, 2.45) is 0 Å². The summed E-state index contributed by atoms with van der Waals surface area (Å²) in [6, 6.07) is 21.1. The van der Waals surface area contributed by atoms with E-state index in [0.717, 1.165) is 39.9 Å². The van der Waals surface area contributed by atoms with Gasteiger partial charge in [-0.25, -0.2) is 9.97 Å². The van der Waals surface area contributed by atoms with Gasteiger partial charge in [-0.1, -0.05) is 54.1 Å². The van der Waals surface area contributed by atoms with Gasteiger partial charge >= 0.3 is 6.18 Å². The first-order valence-electron chi connectivity index (χ1n) is 9.80. The van der Waals surface area contributed by atoms with Gasteiger partial charge in [0.25, 0.3) is 0 Å². The molecule has 0 saturated carbocycles. The van der Waals surface area contributed by atoms with Gasteiger partial charge in [0.1, 0.15) is 9.21 Å². The van der Waals surface area contributed by atoms with Crippen LogP contribution < -0.4 is 0 Å². The van der Waals surface area contributed by atoms with Crippen molar-refractivity contribution in [1.29, 1.82) is 0 Å². The summed E-state index contributed by atoms with van der Waals surface area (Å²) in [5, 5.41) is 0. The number of benzene rings is 2. The van der Waals surface area contributed by atoms with Crippen molar-refractivity contribution in [2.75, 3.05) is 0 Å².